The van der Waals surface area contributed by atoms with Gasteiger partial charge < -0.3 is 14.7 Å². The van der Waals surface area contributed by atoms with Crippen molar-refractivity contribution in [3.8, 4) is 11.1 Å². The van der Waals surface area contributed by atoms with Crippen molar-refractivity contribution < 1.29 is 14.6 Å². The van der Waals surface area contributed by atoms with Gasteiger partial charge in [-0.25, -0.2) is 4.79 Å². The molecule has 3 aromatic rings. The molecule has 0 fully saturated rings. The summed E-state index contributed by atoms with van der Waals surface area (Å²) in [6, 6.07) is 24.0. The van der Waals surface area contributed by atoms with Crippen LogP contribution in [-0.2, 0) is 11.3 Å². The highest BCUT2D eigenvalue weighted by Gasteiger charge is 2.29. The number of carbonyl (C=O) groups is 1. The molecular formula is C25H24ClNO3. The molecule has 154 valence electrons. The fourth-order valence-electron chi connectivity index (χ4n) is 4.04. The van der Waals surface area contributed by atoms with Gasteiger partial charge in [-0.05, 0) is 46.4 Å². The predicted octanol–water partition coefficient (Wildman–Crippen LogP) is 5.47. The minimum absolute atomic E-state index is 0.0166. The van der Waals surface area contributed by atoms with Gasteiger partial charge in [-0.1, -0.05) is 72.3 Å². The Morgan fingerprint density at radius 1 is 0.967 bits per heavy atom. The second kappa shape index (κ2) is 9.33. The minimum atomic E-state index is -0.384. The highest BCUT2D eigenvalue weighted by molar-refractivity contribution is 6.30. The number of hydrogen-bond acceptors (Lipinski definition) is 3. The highest BCUT2D eigenvalue weighted by atomic mass is 35.5. The topological polar surface area (TPSA) is 49.8 Å². The van der Waals surface area contributed by atoms with Crippen LogP contribution in [0.15, 0.2) is 72.8 Å². The van der Waals surface area contributed by atoms with Crippen LogP contribution in [0.4, 0.5) is 4.79 Å². The van der Waals surface area contributed by atoms with Crippen molar-refractivity contribution in [2.75, 3.05) is 19.8 Å². The van der Waals surface area contributed by atoms with Crippen LogP contribution >= 0.6 is 11.6 Å². The number of nitrogens with zero attached hydrogens (tertiary/aromatic N) is 1. The lowest BCUT2D eigenvalue weighted by Gasteiger charge is -2.23. The van der Waals surface area contributed by atoms with Crippen molar-refractivity contribution in [3.63, 3.8) is 0 Å². The van der Waals surface area contributed by atoms with Crippen LogP contribution in [0.1, 0.15) is 29.0 Å². The van der Waals surface area contributed by atoms with E-state index in [4.69, 9.17) is 16.3 Å². The minimum Gasteiger partial charge on any atom is -0.448 e. The molecule has 3 aromatic carbocycles. The largest absolute Gasteiger partial charge is 0.448 e. The Balaban J connectivity index is 1.49. The van der Waals surface area contributed by atoms with Gasteiger partial charge in [0.05, 0.1) is 0 Å². The third kappa shape index (κ3) is 4.35. The number of hydrogen-bond donors (Lipinski definition) is 1. The number of amides is 1. The molecule has 5 heteroatoms. The first-order valence-corrected chi connectivity index (χ1v) is 10.5. The molecular weight excluding hydrogens is 398 g/mol. The second-order valence-electron chi connectivity index (χ2n) is 7.43. The summed E-state index contributed by atoms with van der Waals surface area (Å²) in [6.07, 6.45) is 0.107. The van der Waals surface area contributed by atoms with E-state index in [0.717, 1.165) is 5.56 Å². The van der Waals surface area contributed by atoms with Crippen molar-refractivity contribution in [2.45, 2.75) is 18.9 Å². The molecule has 0 aliphatic heterocycles. The maximum Gasteiger partial charge on any atom is 0.410 e. The first kappa shape index (κ1) is 20.5. The van der Waals surface area contributed by atoms with E-state index < -0.39 is 0 Å². The third-order valence-electron chi connectivity index (χ3n) is 5.44. The Kier molecular flexibility index (Phi) is 6.36. The highest BCUT2D eigenvalue weighted by Crippen LogP contribution is 2.44. The van der Waals surface area contributed by atoms with E-state index in [9.17, 15) is 9.90 Å². The molecule has 0 saturated heterocycles. The number of rotatable bonds is 7. The second-order valence-corrected chi connectivity index (χ2v) is 7.87. The van der Waals surface area contributed by atoms with E-state index in [0.29, 0.717) is 24.5 Å². The molecule has 0 heterocycles. The van der Waals surface area contributed by atoms with Gasteiger partial charge in [0.15, 0.2) is 0 Å². The Morgan fingerprint density at radius 3 is 2.27 bits per heavy atom. The lowest BCUT2D eigenvalue weighted by Crippen LogP contribution is -2.33. The van der Waals surface area contributed by atoms with E-state index in [2.05, 4.69) is 24.3 Å². The molecule has 0 aromatic heterocycles. The molecule has 0 saturated carbocycles. The monoisotopic (exact) mass is 421 g/mol. The van der Waals surface area contributed by atoms with Gasteiger partial charge in [0.25, 0.3) is 0 Å². The van der Waals surface area contributed by atoms with Gasteiger partial charge in [-0.3, -0.25) is 0 Å². The lowest BCUT2D eigenvalue weighted by molar-refractivity contribution is 0.0944. The zero-order valence-electron chi connectivity index (χ0n) is 16.6. The summed E-state index contributed by atoms with van der Waals surface area (Å²) in [7, 11) is 0. The molecule has 0 radical (unpaired) electrons. The number of fused-ring (bicyclic) bond motifs is 3. The summed E-state index contributed by atoms with van der Waals surface area (Å²) in [4.78, 5) is 14.5. The van der Waals surface area contributed by atoms with Crippen molar-refractivity contribution in [1.29, 1.82) is 0 Å². The van der Waals surface area contributed by atoms with Gasteiger partial charge >= 0.3 is 6.09 Å². The van der Waals surface area contributed by atoms with E-state index >= 15 is 0 Å². The normalized spacial score (nSPS) is 12.3. The molecule has 1 aliphatic rings. The van der Waals surface area contributed by atoms with Crippen LogP contribution in [0.3, 0.4) is 0 Å². The maximum atomic E-state index is 12.9. The summed E-state index contributed by atoms with van der Waals surface area (Å²) < 4.78 is 5.77. The van der Waals surface area contributed by atoms with Crippen LogP contribution in [0.2, 0.25) is 5.02 Å². The molecule has 0 spiro atoms. The summed E-state index contributed by atoms with van der Waals surface area (Å²) in [5.41, 5.74) is 5.69. The predicted molar refractivity (Wildman–Crippen MR) is 119 cm³/mol. The standard InChI is InChI=1S/C25H24ClNO3/c26-19-8-5-7-18(15-19)16-27(13-6-14-28)25(29)30-17-24-22-11-3-1-9-20(22)21-10-2-4-12-23(21)24/h1-5,7-12,15,24,28H,6,13-14,16-17H2. The summed E-state index contributed by atoms with van der Waals surface area (Å²) in [5, 5.41) is 9.86. The Labute approximate surface area is 181 Å². The first-order chi connectivity index (χ1) is 14.7. The number of carbonyl (C=O) groups excluding carboxylic acids is 1. The van der Waals surface area contributed by atoms with Gasteiger partial charge in [0.2, 0.25) is 0 Å². The van der Waals surface area contributed by atoms with Gasteiger partial charge in [0.1, 0.15) is 6.61 Å². The quantitative estimate of drug-likeness (QED) is 0.550. The zero-order chi connectivity index (χ0) is 20.9. The van der Waals surface area contributed by atoms with Crippen LogP contribution < -0.4 is 0 Å². The van der Waals surface area contributed by atoms with Crippen LogP contribution in [-0.4, -0.2) is 35.9 Å². The fraction of sp³-hybridized carbons (Fsp3) is 0.240. The van der Waals surface area contributed by atoms with Crippen molar-refractivity contribution in [1.82, 2.24) is 4.90 Å². The molecule has 0 unspecified atom stereocenters. The Hall–Kier alpha value is -2.82. The number of benzene rings is 3. The molecule has 0 bridgehead atoms. The molecule has 0 atom stereocenters. The smallest absolute Gasteiger partial charge is 0.410 e. The summed E-state index contributed by atoms with van der Waals surface area (Å²) in [5.74, 6) is 0.0206. The van der Waals surface area contributed by atoms with Gasteiger partial charge in [0, 0.05) is 30.6 Å². The van der Waals surface area contributed by atoms with E-state index in [1.54, 1.807) is 11.0 Å². The van der Waals surface area contributed by atoms with Crippen molar-refractivity contribution >= 4 is 17.7 Å². The van der Waals surface area contributed by atoms with E-state index in [-0.39, 0.29) is 25.2 Å². The number of halogens is 1. The molecule has 30 heavy (non-hydrogen) atoms. The van der Waals surface area contributed by atoms with Gasteiger partial charge in [-0.15, -0.1) is 0 Å². The number of ether oxygens (including phenoxy) is 1. The first-order valence-electron chi connectivity index (χ1n) is 10.1. The van der Waals surface area contributed by atoms with Crippen molar-refractivity contribution in [2.24, 2.45) is 0 Å². The summed E-state index contributed by atoms with van der Waals surface area (Å²) in [6.45, 7) is 1.09. The van der Waals surface area contributed by atoms with Crippen LogP contribution in [0.25, 0.3) is 11.1 Å². The Morgan fingerprint density at radius 2 is 1.63 bits per heavy atom. The maximum absolute atomic E-state index is 12.9. The average Bonchev–Trinajstić information content (AvgIpc) is 3.09. The molecule has 4 rings (SSSR count). The average molecular weight is 422 g/mol. The molecule has 4 nitrogen and oxygen atoms in total. The summed E-state index contributed by atoms with van der Waals surface area (Å²) >= 11 is 6.08. The number of aliphatic hydroxyl groups is 1. The Bertz CT molecular complexity index is 991. The van der Waals surface area contributed by atoms with Gasteiger partial charge in [-0.2, -0.15) is 0 Å². The lowest BCUT2D eigenvalue weighted by atomic mass is 9.98. The van der Waals surface area contributed by atoms with Crippen molar-refractivity contribution in [3.05, 3.63) is 94.5 Å². The molecule has 1 aliphatic carbocycles. The van der Waals surface area contributed by atoms with Crippen LogP contribution in [0, 0.1) is 0 Å². The fourth-order valence-corrected chi connectivity index (χ4v) is 4.25. The van der Waals surface area contributed by atoms with E-state index in [1.807, 2.05) is 42.5 Å². The van der Waals surface area contributed by atoms with Crippen LogP contribution in [0.5, 0.6) is 0 Å². The molecule has 1 N–H and O–H groups in total. The van der Waals surface area contributed by atoms with E-state index in [1.165, 1.54) is 22.3 Å². The molecule has 1 amide bonds. The SMILES string of the molecule is O=C(OCC1c2ccccc2-c2ccccc21)N(CCCO)Cc1cccc(Cl)c1. The number of aliphatic hydroxyl groups excluding tert-OH is 1. The zero-order valence-corrected chi connectivity index (χ0v) is 17.4. The third-order valence-corrected chi connectivity index (χ3v) is 5.68.